The molecule has 1 atom stereocenters. The van der Waals surface area contributed by atoms with Gasteiger partial charge in [-0.1, -0.05) is 42.5 Å². The van der Waals surface area contributed by atoms with Crippen LogP contribution in [0.4, 0.5) is 0 Å². The second-order valence-electron chi connectivity index (χ2n) is 4.01. The van der Waals surface area contributed by atoms with E-state index >= 15 is 0 Å². The SMILES string of the molecule is POc1cc(-c2ccccc2)nc2ccccc12. The van der Waals surface area contributed by atoms with E-state index in [1.54, 1.807) is 0 Å². The molecule has 0 aliphatic carbocycles. The molecule has 1 aromatic heterocycles. The lowest BCUT2D eigenvalue weighted by atomic mass is 10.1. The van der Waals surface area contributed by atoms with Gasteiger partial charge in [-0.25, -0.2) is 4.98 Å². The summed E-state index contributed by atoms with van der Waals surface area (Å²) in [7, 11) is 2.30. The van der Waals surface area contributed by atoms with Crippen LogP contribution in [0.25, 0.3) is 22.2 Å². The molecule has 1 unspecified atom stereocenters. The fourth-order valence-corrected chi connectivity index (χ4v) is 2.19. The number of fused-ring (bicyclic) bond motifs is 1. The summed E-state index contributed by atoms with van der Waals surface area (Å²) >= 11 is 0. The van der Waals surface area contributed by atoms with Gasteiger partial charge < -0.3 is 4.52 Å². The number of para-hydroxylation sites is 1. The fraction of sp³-hybridized carbons (Fsp3) is 0. The lowest BCUT2D eigenvalue weighted by molar-refractivity contribution is 0.654. The molecule has 0 fully saturated rings. The summed E-state index contributed by atoms with van der Waals surface area (Å²) in [5, 5.41) is 1.02. The van der Waals surface area contributed by atoms with Gasteiger partial charge in [0.05, 0.1) is 20.7 Å². The van der Waals surface area contributed by atoms with E-state index in [4.69, 9.17) is 4.52 Å². The van der Waals surface area contributed by atoms with Crippen molar-refractivity contribution >= 4 is 20.4 Å². The summed E-state index contributed by atoms with van der Waals surface area (Å²) < 4.78 is 5.37. The first kappa shape index (κ1) is 11.2. The average Bonchev–Trinajstić information content (AvgIpc) is 2.47. The van der Waals surface area contributed by atoms with Gasteiger partial charge in [0.25, 0.3) is 0 Å². The minimum Gasteiger partial charge on any atom is -0.480 e. The van der Waals surface area contributed by atoms with E-state index in [9.17, 15) is 0 Å². The van der Waals surface area contributed by atoms with Crippen LogP contribution in [0.5, 0.6) is 5.75 Å². The number of hydrogen-bond acceptors (Lipinski definition) is 2. The maximum atomic E-state index is 5.37. The quantitative estimate of drug-likeness (QED) is 0.642. The van der Waals surface area contributed by atoms with Crippen molar-refractivity contribution in [2.45, 2.75) is 0 Å². The predicted molar refractivity (Wildman–Crippen MR) is 77.5 cm³/mol. The summed E-state index contributed by atoms with van der Waals surface area (Å²) in [4.78, 5) is 4.66. The van der Waals surface area contributed by atoms with E-state index in [1.807, 2.05) is 60.7 Å². The van der Waals surface area contributed by atoms with E-state index in [0.29, 0.717) is 0 Å². The van der Waals surface area contributed by atoms with Gasteiger partial charge in [0.1, 0.15) is 5.75 Å². The zero-order valence-corrected chi connectivity index (χ0v) is 10.9. The monoisotopic (exact) mass is 253 g/mol. The van der Waals surface area contributed by atoms with Crippen LogP contribution < -0.4 is 4.52 Å². The number of aromatic nitrogens is 1. The average molecular weight is 253 g/mol. The molecule has 1 heterocycles. The van der Waals surface area contributed by atoms with Crippen molar-refractivity contribution in [3.63, 3.8) is 0 Å². The minimum atomic E-state index is 0.824. The molecule has 2 aromatic carbocycles. The third kappa shape index (κ3) is 1.96. The van der Waals surface area contributed by atoms with E-state index in [-0.39, 0.29) is 0 Å². The molecule has 0 N–H and O–H groups in total. The maximum Gasteiger partial charge on any atom is 0.134 e. The van der Waals surface area contributed by atoms with Crippen molar-refractivity contribution in [3.8, 4) is 17.0 Å². The Bertz CT molecular complexity index is 682. The van der Waals surface area contributed by atoms with Gasteiger partial charge in [-0.15, -0.1) is 0 Å². The standard InChI is InChI=1S/C15H12NOP/c18-17-15-10-14(11-6-2-1-3-7-11)16-13-9-5-4-8-12(13)15/h1-10H,18H2. The first-order chi connectivity index (χ1) is 8.88. The molecule has 3 aromatic rings. The van der Waals surface area contributed by atoms with Crippen LogP contribution in [0, 0.1) is 0 Å². The molecular formula is C15H12NOP. The highest BCUT2D eigenvalue weighted by Gasteiger charge is 2.06. The zero-order valence-electron chi connectivity index (χ0n) is 9.71. The predicted octanol–water partition coefficient (Wildman–Crippen LogP) is 4.07. The summed E-state index contributed by atoms with van der Waals surface area (Å²) in [6.07, 6.45) is 0. The molecule has 0 radical (unpaired) electrons. The smallest absolute Gasteiger partial charge is 0.134 e. The van der Waals surface area contributed by atoms with Crippen LogP contribution in [-0.2, 0) is 0 Å². The molecule has 0 bridgehead atoms. The largest absolute Gasteiger partial charge is 0.480 e. The first-order valence-corrected chi connectivity index (χ1v) is 6.17. The molecule has 0 aliphatic rings. The van der Waals surface area contributed by atoms with Gasteiger partial charge in [-0.3, -0.25) is 0 Å². The Morgan fingerprint density at radius 2 is 1.61 bits per heavy atom. The molecule has 88 valence electrons. The second-order valence-corrected chi connectivity index (χ2v) is 4.24. The van der Waals surface area contributed by atoms with Crippen molar-refractivity contribution in [1.29, 1.82) is 0 Å². The van der Waals surface area contributed by atoms with Crippen molar-refractivity contribution in [3.05, 3.63) is 60.7 Å². The summed E-state index contributed by atoms with van der Waals surface area (Å²) in [5.74, 6) is 0.824. The number of rotatable bonds is 2. The number of benzene rings is 2. The van der Waals surface area contributed by atoms with Crippen molar-refractivity contribution < 1.29 is 4.52 Å². The molecule has 0 spiro atoms. The van der Waals surface area contributed by atoms with Gasteiger partial charge in [0.15, 0.2) is 0 Å². The number of pyridine rings is 1. The van der Waals surface area contributed by atoms with Crippen LogP contribution in [-0.4, -0.2) is 4.98 Å². The Balaban J connectivity index is 2.26. The van der Waals surface area contributed by atoms with E-state index in [0.717, 1.165) is 27.9 Å². The van der Waals surface area contributed by atoms with Crippen molar-refractivity contribution in [2.75, 3.05) is 0 Å². The first-order valence-electron chi connectivity index (χ1n) is 5.70. The highest BCUT2D eigenvalue weighted by molar-refractivity contribution is 7.10. The molecule has 0 amide bonds. The Labute approximate surface area is 108 Å². The topological polar surface area (TPSA) is 22.1 Å². The van der Waals surface area contributed by atoms with E-state index in [2.05, 4.69) is 14.5 Å². The van der Waals surface area contributed by atoms with Gasteiger partial charge in [-0.05, 0) is 12.1 Å². The molecular weight excluding hydrogens is 241 g/mol. The molecule has 0 saturated heterocycles. The third-order valence-corrected chi connectivity index (χ3v) is 3.13. The Morgan fingerprint density at radius 1 is 0.889 bits per heavy atom. The summed E-state index contributed by atoms with van der Waals surface area (Å²) in [5.41, 5.74) is 2.95. The van der Waals surface area contributed by atoms with Crippen LogP contribution in [0.3, 0.4) is 0 Å². The summed E-state index contributed by atoms with van der Waals surface area (Å²) in [6, 6.07) is 20.0. The lowest BCUT2D eigenvalue weighted by Crippen LogP contribution is -1.88. The van der Waals surface area contributed by atoms with Crippen LogP contribution in [0.2, 0.25) is 0 Å². The molecule has 0 saturated carbocycles. The van der Waals surface area contributed by atoms with Gasteiger partial charge in [-0.2, -0.15) is 0 Å². The lowest BCUT2D eigenvalue weighted by Gasteiger charge is -2.08. The van der Waals surface area contributed by atoms with Gasteiger partial charge in [0, 0.05) is 17.0 Å². The Morgan fingerprint density at radius 3 is 2.39 bits per heavy atom. The fourth-order valence-electron chi connectivity index (χ4n) is 2.00. The number of nitrogens with zero attached hydrogens (tertiary/aromatic N) is 1. The summed E-state index contributed by atoms with van der Waals surface area (Å²) in [6.45, 7) is 0. The number of hydrogen-bond donors (Lipinski definition) is 0. The Hall–Kier alpha value is -1.92. The zero-order chi connectivity index (χ0) is 12.4. The van der Waals surface area contributed by atoms with Crippen LogP contribution in [0.15, 0.2) is 60.7 Å². The normalized spacial score (nSPS) is 10.5. The second kappa shape index (κ2) is 4.75. The Kier molecular flexibility index (Phi) is 2.95. The van der Waals surface area contributed by atoms with Gasteiger partial charge in [0.2, 0.25) is 0 Å². The van der Waals surface area contributed by atoms with Crippen molar-refractivity contribution in [2.24, 2.45) is 0 Å². The highest BCUT2D eigenvalue weighted by Crippen LogP contribution is 2.30. The van der Waals surface area contributed by atoms with E-state index < -0.39 is 0 Å². The molecule has 2 nitrogen and oxygen atoms in total. The third-order valence-electron chi connectivity index (χ3n) is 2.87. The van der Waals surface area contributed by atoms with Gasteiger partial charge >= 0.3 is 0 Å². The van der Waals surface area contributed by atoms with Crippen molar-refractivity contribution in [1.82, 2.24) is 4.98 Å². The van der Waals surface area contributed by atoms with Crippen LogP contribution in [0.1, 0.15) is 0 Å². The molecule has 0 aliphatic heterocycles. The van der Waals surface area contributed by atoms with E-state index in [1.165, 1.54) is 0 Å². The molecule has 18 heavy (non-hydrogen) atoms. The molecule has 3 heteroatoms. The minimum absolute atomic E-state index is 0.824. The molecule has 3 rings (SSSR count). The maximum absolute atomic E-state index is 5.37. The van der Waals surface area contributed by atoms with Crippen LogP contribution >= 0.6 is 9.47 Å². The highest BCUT2D eigenvalue weighted by atomic mass is 31.0.